The Morgan fingerprint density at radius 1 is 1.56 bits per heavy atom. The van der Waals surface area contributed by atoms with Gasteiger partial charge in [-0.1, -0.05) is 20.8 Å². The Bertz CT molecular complexity index is 453. The Labute approximate surface area is 107 Å². The first-order valence-electron chi connectivity index (χ1n) is 5.75. The molecule has 0 aliphatic carbocycles. The molecule has 1 amide bonds. The van der Waals surface area contributed by atoms with Crippen molar-refractivity contribution in [2.45, 2.75) is 26.8 Å². The molecule has 0 aliphatic rings. The number of nitrogens with two attached hydrogens (primary N) is 1. The lowest BCUT2D eigenvalue weighted by atomic mass is 9.86. The van der Waals surface area contributed by atoms with Gasteiger partial charge in [0.1, 0.15) is 11.8 Å². The van der Waals surface area contributed by atoms with Gasteiger partial charge in [-0.3, -0.25) is 4.79 Å². The standard InChI is InChI=1S/C13H18N4O/c1-13(2,3)11(7-15)17-12(18)10-5-4-9(6-14)8-16-10/h4-5,8,11H,7,15H2,1-3H3,(H,17,18). The lowest BCUT2D eigenvalue weighted by molar-refractivity contribution is 0.0900. The van der Waals surface area contributed by atoms with Crippen LogP contribution in [-0.4, -0.2) is 23.5 Å². The number of hydrogen-bond acceptors (Lipinski definition) is 4. The second-order valence-corrected chi connectivity index (χ2v) is 5.17. The maximum atomic E-state index is 11.9. The first-order chi connectivity index (χ1) is 8.38. The molecular formula is C13H18N4O. The van der Waals surface area contributed by atoms with Crippen LogP contribution in [0.3, 0.4) is 0 Å². The van der Waals surface area contributed by atoms with E-state index in [1.165, 1.54) is 12.3 Å². The molecule has 18 heavy (non-hydrogen) atoms. The molecule has 5 nitrogen and oxygen atoms in total. The molecule has 5 heteroatoms. The Morgan fingerprint density at radius 2 is 2.22 bits per heavy atom. The van der Waals surface area contributed by atoms with Crippen LogP contribution in [0.25, 0.3) is 0 Å². The van der Waals surface area contributed by atoms with Crippen LogP contribution in [0.5, 0.6) is 0 Å². The van der Waals surface area contributed by atoms with Crippen LogP contribution in [0, 0.1) is 16.7 Å². The fourth-order valence-electron chi connectivity index (χ4n) is 1.46. The van der Waals surface area contributed by atoms with Crippen molar-refractivity contribution in [2.24, 2.45) is 11.1 Å². The number of aromatic nitrogens is 1. The van der Waals surface area contributed by atoms with Crippen LogP contribution < -0.4 is 11.1 Å². The summed E-state index contributed by atoms with van der Waals surface area (Å²) in [6.45, 7) is 6.40. The molecule has 1 aromatic rings. The molecule has 1 aromatic heterocycles. The number of carbonyl (C=O) groups is 1. The van der Waals surface area contributed by atoms with Gasteiger partial charge in [-0.15, -0.1) is 0 Å². The van der Waals surface area contributed by atoms with E-state index in [0.717, 1.165) is 0 Å². The third kappa shape index (κ3) is 3.54. The lowest BCUT2D eigenvalue weighted by Gasteiger charge is -2.30. The summed E-state index contributed by atoms with van der Waals surface area (Å²) in [7, 11) is 0. The van der Waals surface area contributed by atoms with E-state index in [1.54, 1.807) is 6.07 Å². The molecule has 0 bridgehead atoms. The highest BCUT2D eigenvalue weighted by atomic mass is 16.1. The Kier molecular flexibility index (Phi) is 4.40. The first-order valence-corrected chi connectivity index (χ1v) is 5.75. The van der Waals surface area contributed by atoms with Crippen LogP contribution >= 0.6 is 0 Å². The summed E-state index contributed by atoms with van der Waals surface area (Å²) < 4.78 is 0. The zero-order valence-electron chi connectivity index (χ0n) is 10.9. The van der Waals surface area contributed by atoms with Crippen molar-refractivity contribution in [1.82, 2.24) is 10.3 Å². The Hall–Kier alpha value is -1.93. The summed E-state index contributed by atoms with van der Waals surface area (Å²) in [6.07, 6.45) is 1.38. The normalized spacial score (nSPS) is 12.6. The maximum absolute atomic E-state index is 11.9. The monoisotopic (exact) mass is 246 g/mol. The number of rotatable bonds is 3. The quantitative estimate of drug-likeness (QED) is 0.834. The molecule has 0 aliphatic heterocycles. The van der Waals surface area contributed by atoms with Crippen LogP contribution in [0.2, 0.25) is 0 Å². The lowest BCUT2D eigenvalue weighted by Crippen LogP contribution is -2.48. The second kappa shape index (κ2) is 5.61. The smallest absolute Gasteiger partial charge is 0.270 e. The van der Waals surface area contributed by atoms with Crippen molar-refractivity contribution in [2.75, 3.05) is 6.54 Å². The third-order valence-corrected chi connectivity index (χ3v) is 2.71. The van der Waals surface area contributed by atoms with Gasteiger partial charge in [0.15, 0.2) is 0 Å². The number of hydrogen-bond donors (Lipinski definition) is 2. The first kappa shape index (κ1) is 14.1. The highest BCUT2D eigenvalue weighted by Gasteiger charge is 2.25. The molecule has 0 saturated heterocycles. The minimum atomic E-state index is -0.273. The highest BCUT2D eigenvalue weighted by Crippen LogP contribution is 2.18. The van der Waals surface area contributed by atoms with Crippen LogP contribution in [0.15, 0.2) is 18.3 Å². The second-order valence-electron chi connectivity index (χ2n) is 5.17. The van der Waals surface area contributed by atoms with Crippen molar-refractivity contribution in [3.05, 3.63) is 29.6 Å². The van der Waals surface area contributed by atoms with E-state index in [4.69, 9.17) is 11.0 Å². The van der Waals surface area contributed by atoms with E-state index in [2.05, 4.69) is 10.3 Å². The fourth-order valence-corrected chi connectivity index (χ4v) is 1.46. The maximum Gasteiger partial charge on any atom is 0.270 e. The van der Waals surface area contributed by atoms with Crippen LogP contribution in [0.1, 0.15) is 36.8 Å². The van der Waals surface area contributed by atoms with E-state index in [1.807, 2.05) is 26.8 Å². The van der Waals surface area contributed by atoms with Crippen molar-refractivity contribution < 1.29 is 4.79 Å². The molecule has 1 unspecified atom stereocenters. The van der Waals surface area contributed by atoms with Crippen molar-refractivity contribution in [3.8, 4) is 6.07 Å². The summed E-state index contributed by atoms with van der Waals surface area (Å²) >= 11 is 0. The van der Waals surface area contributed by atoms with E-state index in [-0.39, 0.29) is 23.1 Å². The van der Waals surface area contributed by atoms with Gasteiger partial charge in [0.2, 0.25) is 0 Å². The summed E-state index contributed by atoms with van der Waals surface area (Å²) in [4.78, 5) is 15.9. The summed E-state index contributed by atoms with van der Waals surface area (Å²) in [5.41, 5.74) is 6.26. The summed E-state index contributed by atoms with van der Waals surface area (Å²) in [5.74, 6) is -0.273. The molecular weight excluding hydrogens is 228 g/mol. The molecule has 0 saturated carbocycles. The predicted molar refractivity (Wildman–Crippen MR) is 68.7 cm³/mol. The number of nitrogens with one attached hydrogen (secondary N) is 1. The molecule has 1 heterocycles. The van der Waals surface area contributed by atoms with Gasteiger partial charge in [-0.05, 0) is 17.5 Å². The Balaban J connectivity index is 2.79. The van der Waals surface area contributed by atoms with E-state index < -0.39 is 0 Å². The average Bonchev–Trinajstić information content (AvgIpc) is 2.34. The van der Waals surface area contributed by atoms with Gasteiger partial charge >= 0.3 is 0 Å². The summed E-state index contributed by atoms with van der Waals surface area (Å²) in [5, 5.41) is 11.5. The van der Waals surface area contributed by atoms with Gasteiger partial charge in [-0.2, -0.15) is 5.26 Å². The molecule has 0 fully saturated rings. The zero-order chi connectivity index (χ0) is 13.8. The van der Waals surface area contributed by atoms with Gasteiger partial charge in [0.05, 0.1) is 5.56 Å². The predicted octanol–water partition coefficient (Wildman–Crippen LogP) is 1.06. The number of amides is 1. The Morgan fingerprint density at radius 3 is 2.61 bits per heavy atom. The van der Waals surface area contributed by atoms with Crippen LogP contribution in [-0.2, 0) is 0 Å². The molecule has 0 radical (unpaired) electrons. The van der Waals surface area contributed by atoms with Gasteiger partial charge < -0.3 is 11.1 Å². The SMILES string of the molecule is CC(C)(C)C(CN)NC(=O)c1ccc(C#N)cn1. The molecule has 0 aromatic carbocycles. The minimum absolute atomic E-state index is 0.114. The van der Waals surface area contributed by atoms with Crippen LogP contribution in [0.4, 0.5) is 0 Å². The molecule has 96 valence electrons. The molecule has 1 rings (SSSR count). The molecule has 3 N–H and O–H groups in total. The van der Waals surface area contributed by atoms with Gasteiger partial charge in [0.25, 0.3) is 5.91 Å². The van der Waals surface area contributed by atoms with Gasteiger partial charge in [-0.25, -0.2) is 4.98 Å². The largest absolute Gasteiger partial charge is 0.346 e. The number of carbonyl (C=O) groups excluding carboxylic acids is 1. The topological polar surface area (TPSA) is 91.8 Å². The fraction of sp³-hybridized carbons (Fsp3) is 0.462. The van der Waals surface area contributed by atoms with E-state index in [9.17, 15) is 4.79 Å². The number of pyridine rings is 1. The summed E-state index contributed by atoms with van der Waals surface area (Å²) in [6, 6.07) is 4.93. The minimum Gasteiger partial charge on any atom is -0.346 e. The third-order valence-electron chi connectivity index (χ3n) is 2.71. The number of nitrogens with zero attached hydrogens (tertiary/aromatic N) is 2. The van der Waals surface area contributed by atoms with Crippen molar-refractivity contribution in [3.63, 3.8) is 0 Å². The van der Waals surface area contributed by atoms with E-state index >= 15 is 0 Å². The highest BCUT2D eigenvalue weighted by molar-refractivity contribution is 5.92. The molecule has 1 atom stereocenters. The van der Waals surface area contributed by atoms with Crippen molar-refractivity contribution in [1.29, 1.82) is 5.26 Å². The van der Waals surface area contributed by atoms with E-state index in [0.29, 0.717) is 12.1 Å². The van der Waals surface area contributed by atoms with Gasteiger partial charge in [0, 0.05) is 18.8 Å². The zero-order valence-corrected chi connectivity index (χ0v) is 10.9. The van der Waals surface area contributed by atoms with Crippen molar-refractivity contribution >= 4 is 5.91 Å². The molecule has 0 spiro atoms. The average molecular weight is 246 g/mol. The number of nitriles is 1.